The van der Waals surface area contributed by atoms with E-state index in [-0.39, 0.29) is 5.75 Å². The molecule has 0 radical (unpaired) electrons. The third-order valence-electron chi connectivity index (χ3n) is 1.46. The second-order valence-electron chi connectivity index (χ2n) is 2.28. The van der Waals surface area contributed by atoms with Gasteiger partial charge in [-0.05, 0) is 17.3 Å². The molecule has 0 aliphatic heterocycles. The van der Waals surface area contributed by atoms with Gasteiger partial charge in [-0.1, -0.05) is 30.3 Å². The van der Waals surface area contributed by atoms with Crippen molar-refractivity contribution in [2.75, 3.05) is 5.75 Å². The van der Waals surface area contributed by atoms with E-state index in [1.165, 1.54) is 0 Å². The summed E-state index contributed by atoms with van der Waals surface area (Å²) in [6.45, 7) is 0. The molecule has 0 aromatic heterocycles. The fourth-order valence-corrected chi connectivity index (χ4v) is 1.28. The molecule has 0 N–H and O–H groups in total. The first-order valence-corrected chi connectivity index (χ1v) is 4.53. The van der Waals surface area contributed by atoms with Crippen LogP contribution >= 0.6 is 11.8 Å². The fourth-order valence-electron chi connectivity index (χ4n) is 0.869. The number of rotatable bonds is 3. The molecule has 1 atom stereocenters. The average Bonchev–Trinajstić information content (AvgIpc) is 2.15. The standard InChI is InChI=1S/C9H8FNS/c10-9(6-12-7-11)8-4-2-1-3-5-8/h1-5,9H,6H2. The van der Waals surface area contributed by atoms with Crippen molar-refractivity contribution in [2.24, 2.45) is 0 Å². The number of benzene rings is 1. The Morgan fingerprint density at radius 1 is 1.42 bits per heavy atom. The zero-order valence-electron chi connectivity index (χ0n) is 6.40. The number of halogens is 1. The van der Waals surface area contributed by atoms with Gasteiger partial charge >= 0.3 is 0 Å². The molecule has 62 valence electrons. The number of nitriles is 1. The van der Waals surface area contributed by atoms with Crippen LogP contribution in [0.5, 0.6) is 0 Å². The molecule has 1 nitrogen and oxygen atoms in total. The maximum absolute atomic E-state index is 13.2. The van der Waals surface area contributed by atoms with Crippen molar-refractivity contribution >= 4 is 11.8 Å². The lowest BCUT2D eigenvalue weighted by Gasteiger charge is -2.03. The van der Waals surface area contributed by atoms with Crippen molar-refractivity contribution in [1.29, 1.82) is 5.26 Å². The highest BCUT2D eigenvalue weighted by Gasteiger charge is 2.07. The molecule has 0 heterocycles. The minimum Gasteiger partial charge on any atom is -0.241 e. The van der Waals surface area contributed by atoms with Gasteiger partial charge in [0.2, 0.25) is 0 Å². The molecule has 3 heteroatoms. The van der Waals surface area contributed by atoms with Gasteiger partial charge in [0.25, 0.3) is 0 Å². The van der Waals surface area contributed by atoms with Crippen LogP contribution in [-0.4, -0.2) is 5.75 Å². The highest BCUT2D eigenvalue weighted by atomic mass is 32.2. The van der Waals surface area contributed by atoms with Crippen molar-refractivity contribution in [2.45, 2.75) is 6.17 Å². The number of thioether (sulfide) groups is 1. The van der Waals surface area contributed by atoms with Crippen LogP contribution in [0.15, 0.2) is 30.3 Å². The quantitative estimate of drug-likeness (QED) is 0.669. The molecule has 1 unspecified atom stereocenters. The van der Waals surface area contributed by atoms with E-state index in [2.05, 4.69) is 0 Å². The van der Waals surface area contributed by atoms with Crippen LogP contribution in [0.3, 0.4) is 0 Å². The summed E-state index contributed by atoms with van der Waals surface area (Å²) in [6, 6.07) is 8.87. The Labute approximate surface area is 75.2 Å². The number of hydrogen-bond donors (Lipinski definition) is 0. The van der Waals surface area contributed by atoms with Gasteiger partial charge in [-0.25, -0.2) is 4.39 Å². The lowest BCUT2D eigenvalue weighted by atomic mass is 10.1. The number of hydrogen-bond acceptors (Lipinski definition) is 2. The molecule has 12 heavy (non-hydrogen) atoms. The second-order valence-corrected chi connectivity index (χ2v) is 3.09. The van der Waals surface area contributed by atoms with Crippen LogP contribution in [0.4, 0.5) is 4.39 Å². The van der Waals surface area contributed by atoms with Crippen molar-refractivity contribution in [1.82, 2.24) is 0 Å². The van der Waals surface area contributed by atoms with E-state index in [1.54, 1.807) is 24.3 Å². The van der Waals surface area contributed by atoms with E-state index in [0.29, 0.717) is 5.56 Å². The first kappa shape index (κ1) is 9.08. The molecule has 0 fully saturated rings. The molecule has 0 spiro atoms. The SMILES string of the molecule is N#CSCC(F)c1ccccc1. The molecule has 0 saturated carbocycles. The molecular formula is C9H8FNS. The Morgan fingerprint density at radius 2 is 2.08 bits per heavy atom. The van der Waals surface area contributed by atoms with Crippen LogP contribution in [-0.2, 0) is 0 Å². The summed E-state index contributed by atoms with van der Waals surface area (Å²) >= 11 is 0.942. The Bertz CT molecular complexity index is 268. The lowest BCUT2D eigenvalue weighted by Crippen LogP contribution is -1.93. The predicted octanol–water partition coefficient (Wildman–Crippen LogP) is 2.91. The summed E-state index contributed by atoms with van der Waals surface area (Å²) in [5, 5.41) is 10.1. The molecular weight excluding hydrogens is 173 g/mol. The highest BCUT2D eigenvalue weighted by molar-refractivity contribution is 8.03. The van der Waals surface area contributed by atoms with E-state index in [1.807, 2.05) is 11.5 Å². The number of thiocyanates is 1. The van der Waals surface area contributed by atoms with Crippen LogP contribution < -0.4 is 0 Å². The molecule has 0 aliphatic carbocycles. The normalized spacial score (nSPS) is 12.0. The van der Waals surface area contributed by atoms with Crippen LogP contribution in [0.25, 0.3) is 0 Å². The number of alkyl halides is 1. The Hall–Kier alpha value is -1.01. The molecule has 0 aliphatic rings. The zero-order chi connectivity index (χ0) is 8.81. The second kappa shape index (κ2) is 4.78. The summed E-state index contributed by atoms with van der Waals surface area (Å²) in [7, 11) is 0. The zero-order valence-corrected chi connectivity index (χ0v) is 7.22. The predicted molar refractivity (Wildman–Crippen MR) is 48.4 cm³/mol. The minimum atomic E-state index is -1.03. The van der Waals surface area contributed by atoms with Gasteiger partial charge in [0.15, 0.2) is 0 Å². The molecule has 1 rings (SSSR count). The summed E-state index contributed by atoms with van der Waals surface area (Å²) in [4.78, 5) is 0. The third kappa shape index (κ3) is 2.55. The average molecular weight is 181 g/mol. The van der Waals surface area contributed by atoms with E-state index < -0.39 is 6.17 Å². The van der Waals surface area contributed by atoms with Crippen LogP contribution in [0.2, 0.25) is 0 Å². The molecule has 0 saturated heterocycles. The largest absolute Gasteiger partial charge is 0.241 e. The van der Waals surface area contributed by atoms with Gasteiger partial charge < -0.3 is 0 Å². The smallest absolute Gasteiger partial charge is 0.135 e. The van der Waals surface area contributed by atoms with Gasteiger partial charge in [0, 0.05) is 5.75 Å². The summed E-state index contributed by atoms with van der Waals surface area (Å²) in [5.74, 6) is 0.209. The summed E-state index contributed by atoms with van der Waals surface area (Å²) < 4.78 is 13.2. The van der Waals surface area contributed by atoms with Crippen molar-refractivity contribution in [3.63, 3.8) is 0 Å². The van der Waals surface area contributed by atoms with E-state index >= 15 is 0 Å². The van der Waals surface area contributed by atoms with Crippen molar-refractivity contribution < 1.29 is 4.39 Å². The minimum absolute atomic E-state index is 0.209. The summed E-state index contributed by atoms with van der Waals surface area (Å²) in [5.41, 5.74) is 0.639. The molecule has 0 amide bonds. The fraction of sp³-hybridized carbons (Fsp3) is 0.222. The first-order chi connectivity index (χ1) is 5.84. The van der Waals surface area contributed by atoms with E-state index in [9.17, 15) is 4.39 Å². The first-order valence-electron chi connectivity index (χ1n) is 3.54. The van der Waals surface area contributed by atoms with Crippen LogP contribution in [0, 0.1) is 10.7 Å². The highest BCUT2D eigenvalue weighted by Crippen LogP contribution is 2.20. The molecule has 0 bridgehead atoms. The van der Waals surface area contributed by atoms with Gasteiger partial charge in [0.05, 0.1) is 0 Å². The Morgan fingerprint density at radius 3 is 2.67 bits per heavy atom. The van der Waals surface area contributed by atoms with Crippen molar-refractivity contribution in [3.8, 4) is 5.40 Å². The molecule has 1 aromatic rings. The lowest BCUT2D eigenvalue weighted by molar-refractivity contribution is 0.381. The van der Waals surface area contributed by atoms with Gasteiger partial charge in [-0.2, -0.15) is 5.26 Å². The van der Waals surface area contributed by atoms with E-state index in [0.717, 1.165) is 11.8 Å². The van der Waals surface area contributed by atoms with E-state index in [4.69, 9.17) is 5.26 Å². The number of nitrogens with zero attached hydrogens (tertiary/aromatic N) is 1. The maximum atomic E-state index is 13.2. The topological polar surface area (TPSA) is 23.8 Å². The van der Waals surface area contributed by atoms with Crippen molar-refractivity contribution in [3.05, 3.63) is 35.9 Å². The maximum Gasteiger partial charge on any atom is 0.135 e. The third-order valence-corrected chi connectivity index (χ3v) is 2.04. The Kier molecular flexibility index (Phi) is 3.62. The summed E-state index contributed by atoms with van der Waals surface area (Å²) in [6.07, 6.45) is -1.03. The van der Waals surface area contributed by atoms with Gasteiger partial charge in [0.1, 0.15) is 11.6 Å². The monoisotopic (exact) mass is 181 g/mol. The van der Waals surface area contributed by atoms with Gasteiger partial charge in [-0.15, -0.1) is 0 Å². The van der Waals surface area contributed by atoms with Crippen LogP contribution in [0.1, 0.15) is 11.7 Å². The molecule has 1 aromatic carbocycles. The van der Waals surface area contributed by atoms with Gasteiger partial charge in [-0.3, -0.25) is 0 Å². The Balaban J connectivity index is 2.55.